The second kappa shape index (κ2) is 9.32. The second-order valence-electron chi connectivity index (χ2n) is 6.97. The van der Waals surface area contributed by atoms with Crippen molar-refractivity contribution in [1.29, 1.82) is 0 Å². The predicted molar refractivity (Wildman–Crippen MR) is 101 cm³/mol. The fourth-order valence-corrected chi connectivity index (χ4v) is 4.40. The SMILES string of the molecule is C[C@H](OC(=O)CCNS(=O)(=O)c1ccccc1)C(=O)N1[C@H](C)CCC[C@H]1C. The molecule has 150 valence electrons. The van der Waals surface area contributed by atoms with E-state index in [1.165, 1.54) is 12.1 Å². The van der Waals surface area contributed by atoms with Gasteiger partial charge in [-0.15, -0.1) is 0 Å². The van der Waals surface area contributed by atoms with Crippen molar-refractivity contribution < 1.29 is 22.7 Å². The van der Waals surface area contributed by atoms with Crippen molar-refractivity contribution in [1.82, 2.24) is 9.62 Å². The van der Waals surface area contributed by atoms with Gasteiger partial charge in [0.15, 0.2) is 6.10 Å². The van der Waals surface area contributed by atoms with Gasteiger partial charge in [0, 0.05) is 18.6 Å². The number of piperidine rings is 1. The van der Waals surface area contributed by atoms with Crippen molar-refractivity contribution in [2.24, 2.45) is 0 Å². The molecule has 2 rings (SSSR count). The van der Waals surface area contributed by atoms with Crippen molar-refractivity contribution in [2.45, 2.75) is 69.5 Å². The highest BCUT2D eigenvalue weighted by Gasteiger charge is 2.33. The quantitative estimate of drug-likeness (QED) is 0.712. The van der Waals surface area contributed by atoms with E-state index in [-0.39, 0.29) is 35.9 Å². The van der Waals surface area contributed by atoms with Gasteiger partial charge < -0.3 is 9.64 Å². The number of hydrogen-bond acceptors (Lipinski definition) is 5. The molecule has 1 N–H and O–H groups in total. The Balaban J connectivity index is 1.82. The highest BCUT2D eigenvalue weighted by atomic mass is 32.2. The Morgan fingerprint density at radius 3 is 2.37 bits per heavy atom. The molecule has 1 amide bonds. The van der Waals surface area contributed by atoms with E-state index >= 15 is 0 Å². The molecule has 0 aromatic heterocycles. The Kier molecular flexibility index (Phi) is 7.38. The molecule has 27 heavy (non-hydrogen) atoms. The summed E-state index contributed by atoms with van der Waals surface area (Å²) in [5.41, 5.74) is 0. The van der Waals surface area contributed by atoms with Crippen LogP contribution in [0.4, 0.5) is 0 Å². The molecule has 0 spiro atoms. The number of nitrogens with zero attached hydrogens (tertiary/aromatic N) is 1. The Hall–Kier alpha value is -1.93. The standard InChI is InChI=1S/C19H28N2O5S/c1-14-8-7-9-15(2)21(14)19(23)16(3)26-18(22)12-13-20-27(24,25)17-10-5-4-6-11-17/h4-6,10-11,14-16,20H,7-9,12-13H2,1-3H3/t14-,15-,16+/m1/s1. The van der Waals surface area contributed by atoms with Crippen LogP contribution in [0.15, 0.2) is 35.2 Å². The molecule has 3 atom stereocenters. The largest absolute Gasteiger partial charge is 0.452 e. The van der Waals surface area contributed by atoms with Gasteiger partial charge in [-0.2, -0.15) is 0 Å². The molecule has 1 fully saturated rings. The summed E-state index contributed by atoms with van der Waals surface area (Å²) in [7, 11) is -3.67. The molecule has 1 aromatic rings. The minimum absolute atomic E-state index is 0.0898. The number of carbonyl (C=O) groups excluding carboxylic acids is 2. The van der Waals surface area contributed by atoms with Gasteiger partial charge in [0.2, 0.25) is 10.0 Å². The van der Waals surface area contributed by atoms with E-state index in [0.717, 1.165) is 19.3 Å². The third-order valence-electron chi connectivity index (χ3n) is 4.78. The smallest absolute Gasteiger partial charge is 0.307 e. The fraction of sp³-hybridized carbons (Fsp3) is 0.579. The van der Waals surface area contributed by atoms with Crippen LogP contribution in [0, 0.1) is 0 Å². The van der Waals surface area contributed by atoms with Crippen LogP contribution >= 0.6 is 0 Å². The molecule has 0 aliphatic carbocycles. The number of rotatable bonds is 7. The molecule has 1 aliphatic rings. The molecule has 0 radical (unpaired) electrons. The number of amides is 1. The van der Waals surface area contributed by atoms with E-state index in [1.54, 1.807) is 30.0 Å². The van der Waals surface area contributed by atoms with E-state index in [4.69, 9.17) is 4.74 Å². The van der Waals surface area contributed by atoms with Crippen LogP contribution in [-0.4, -0.2) is 49.9 Å². The lowest BCUT2D eigenvalue weighted by molar-refractivity contribution is -0.162. The molecule has 1 aliphatic heterocycles. The molecule has 0 saturated carbocycles. The van der Waals surface area contributed by atoms with Crippen LogP contribution < -0.4 is 4.72 Å². The first-order valence-electron chi connectivity index (χ1n) is 9.28. The average Bonchev–Trinajstić information content (AvgIpc) is 2.62. The number of nitrogens with one attached hydrogen (secondary N) is 1. The molecule has 0 bridgehead atoms. The van der Waals surface area contributed by atoms with Gasteiger partial charge in [0.1, 0.15) is 0 Å². The second-order valence-corrected chi connectivity index (χ2v) is 8.73. The normalized spacial score (nSPS) is 21.5. The van der Waals surface area contributed by atoms with Crippen molar-refractivity contribution in [3.05, 3.63) is 30.3 Å². The lowest BCUT2D eigenvalue weighted by atomic mass is 9.97. The Labute approximate surface area is 161 Å². The number of sulfonamides is 1. The topological polar surface area (TPSA) is 92.8 Å². The first-order valence-corrected chi connectivity index (χ1v) is 10.8. The summed E-state index contributed by atoms with van der Waals surface area (Å²) in [5.74, 6) is -0.808. The van der Waals surface area contributed by atoms with E-state index in [1.807, 2.05) is 13.8 Å². The lowest BCUT2D eigenvalue weighted by Gasteiger charge is -2.40. The van der Waals surface area contributed by atoms with Crippen LogP contribution in [0.1, 0.15) is 46.5 Å². The summed E-state index contributed by atoms with van der Waals surface area (Å²) in [5, 5.41) is 0. The Morgan fingerprint density at radius 1 is 1.19 bits per heavy atom. The minimum Gasteiger partial charge on any atom is -0.452 e. The maximum Gasteiger partial charge on any atom is 0.307 e. The van der Waals surface area contributed by atoms with Crippen molar-refractivity contribution in [2.75, 3.05) is 6.54 Å². The molecular formula is C19H28N2O5S. The van der Waals surface area contributed by atoms with Crippen LogP contribution in [0.2, 0.25) is 0 Å². The van der Waals surface area contributed by atoms with Gasteiger partial charge in [-0.05, 0) is 52.2 Å². The molecule has 1 saturated heterocycles. The monoisotopic (exact) mass is 396 g/mol. The molecule has 1 aromatic carbocycles. The van der Waals surface area contributed by atoms with Gasteiger partial charge >= 0.3 is 5.97 Å². The predicted octanol–water partition coefficient (Wildman–Crippen LogP) is 2.08. The lowest BCUT2D eigenvalue weighted by Crippen LogP contribution is -2.51. The van der Waals surface area contributed by atoms with Gasteiger partial charge in [0.05, 0.1) is 11.3 Å². The summed E-state index contributed by atoms with van der Waals surface area (Å²) in [6.07, 6.45) is 1.94. The molecule has 1 heterocycles. The number of esters is 1. The van der Waals surface area contributed by atoms with Gasteiger partial charge in [-0.3, -0.25) is 9.59 Å². The van der Waals surface area contributed by atoms with Crippen LogP contribution in [0.3, 0.4) is 0 Å². The molecule has 7 nitrogen and oxygen atoms in total. The van der Waals surface area contributed by atoms with Gasteiger partial charge in [-0.25, -0.2) is 13.1 Å². The number of carbonyl (C=O) groups is 2. The number of benzene rings is 1. The molecular weight excluding hydrogens is 368 g/mol. The van der Waals surface area contributed by atoms with Gasteiger partial charge in [-0.1, -0.05) is 18.2 Å². The van der Waals surface area contributed by atoms with Crippen LogP contribution in [0.5, 0.6) is 0 Å². The third-order valence-corrected chi connectivity index (χ3v) is 6.26. The maximum absolute atomic E-state index is 12.6. The van der Waals surface area contributed by atoms with E-state index in [2.05, 4.69) is 4.72 Å². The third kappa shape index (κ3) is 5.77. The van der Waals surface area contributed by atoms with E-state index in [9.17, 15) is 18.0 Å². The van der Waals surface area contributed by atoms with Crippen molar-refractivity contribution in [3.63, 3.8) is 0 Å². The van der Waals surface area contributed by atoms with E-state index < -0.39 is 22.1 Å². The fourth-order valence-electron chi connectivity index (χ4n) is 3.34. The highest BCUT2D eigenvalue weighted by Crippen LogP contribution is 2.23. The van der Waals surface area contributed by atoms with E-state index in [0.29, 0.717) is 0 Å². The molecule has 8 heteroatoms. The summed E-state index contributed by atoms with van der Waals surface area (Å²) < 4.78 is 31.8. The van der Waals surface area contributed by atoms with Crippen molar-refractivity contribution >= 4 is 21.9 Å². The summed E-state index contributed by atoms with van der Waals surface area (Å²) in [6, 6.07) is 8.17. The van der Waals surface area contributed by atoms with Crippen LogP contribution in [-0.2, 0) is 24.3 Å². The zero-order chi connectivity index (χ0) is 20.0. The summed E-state index contributed by atoms with van der Waals surface area (Å²) >= 11 is 0. The average molecular weight is 397 g/mol. The van der Waals surface area contributed by atoms with Gasteiger partial charge in [0.25, 0.3) is 5.91 Å². The zero-order valence-corrected chi connectivity index (χ0v) is 16.9. The minimum atomic E-state index is -3.67. The number of likely N-dealkylation sites (tertiary alicyclic amines) is 1. The summed E-state index contributed by atoms with van der Waals surface area (Å²) in [4.78, 5) is 26.5. The number of hydrogen-bond donors (Lipinski definition) is 1. The van der Waals surface area contributed by atoms with Crippen molar-refractivity contribution in [3.8, 4) is 0 Å². The molecule has 0 unspecified atom stereocenters. The Morgan fingerprint density at radius 2 is 1.78 bits per heavy atom. The van der Waals surface area contributed by atoms with Crippen LogP contribution in [0.25, 0.3) is 0 Å². The first kappa shape index (κ1) is 21.4. The first-order chi connectivity index (χ1) is 12.7. The highest BCUT2D eigenvalue weighted by molar-refractivity contribution is 7.89. The zero-order valence-electron chi connectivity index (χ0n) is 16.1. The summed E-state index contributed by atoms with van der Waals surface area (Å²) in [6.45, 7) is 5.47. The number of ether oxygens (including phenoxy) is 1. The maximum atomic E-state index is 12.6. The Bertz CT molecular complexity index is 741.